The van der Waals surface area contributed by atoms with E-state index >= 15 is 0 Å². The molecule has 0 bridgehead atoms. The summed E-state index contributed by atoms with van der Waals surface area (Å²) in [4.78, 5) is 11.4. The average molecular weight is 256 g/mol. The lowest BCUT2D eigenvalue weighted by Crippen LogP contribution is -2.06. The Hall–Kier alpha value is -1.83. The summed E-state index contributed by atoms with van der Waals surface area (Å²) in [6, 6.07) is 10.4. The third-order valence-electron chi connectivity index (χ3n) is 3.53. The molecule has 1 aromatic rings. The van der Waals surface area contributed by atoms with Gasteiger partial charge in [-0.25, -0.2) is 0 Å². The van der Waals surface area contributed by atoms with Gasteiger partial charge < -0.3 is 4.74 Å². The number of ether oxygens (including phenoxy) is 1. The molecular weight excluding hydrogens is 236 g/mol. The quantitative estimate of drug-likeness (QED) is 0.745. The van der Waals surface area contributed by atoms with Crippen molar-refractivity contribution in [1.29, 1.82) is 0 Å². The van der Waals surface area contributed by atoms with Crippen molar-refractivity contribution in [1.82, 2.24) is 0 Å². The van der Waals surface area contributed by atoms with E-state index in [0.717, 1.165) is 6.42 Å². The first-order valence-electron chi connectivity index (χ1n) is 6.84. The molecule has 0 N–H and O–H groups in total. The number of hydrogen-bond acceptors (Lipinski definition) is 2. The van der Waals surface area contributed by atoms with Crippen LogP contribution in [0.1, 0.15) is 32.3 Å². The van der Waals surface area contributed by atoms with Crippen LogP contribution < -0.4 is 0 Å². The summed E-state index contributed by atoms with van der Waals surface area (Å²) >= 11 is 0. The van der Waals surface area contributed by atoms with Crippen molar-refractivity contribution in [3.05, 3.63) is 53.6 Å². The summed E-state index contributed by atoms with van der Waals surface area (Å²) in [7, 11) is 0. The van der Waals surface area contributed by atoms with Gasteiger partial charge in [-0.3, -0.25) is 4.79 Å². The summed E-state index contributed by atoms with van der Waals surface area (Å²) in [5, 5.41) is 0. The van der Waals surface area contributed by atoms with Gasteiger partial charge in [-0.2, -0.15) is 0 Å². The summed E-state index contributed by atoms with van der Waals surface area (Å²) in [5.41, 5.74) is 3.91. The molecular formula is C17H20O2. The average Bonchev–Trinajstić information content (AvgIpc) is 2.79. The number of allylic oxidation sites excluding steroid dienone is 4. The van der Waals surface area contributed by atoms with Crippen LogP contribution in [0.3, 0.4) is 0 Å². The number of carbonyl (C=O) groups is 1. The number of carbonyl (C=O) groups excluding carboxylic acids is 1. The van der Waals surface area contributed by atoms with Crippen LogP contribution in [-0.4, -0.2) is 12.6 Å². The molecule has 2 rings (SSSR count). The highest BCUT2D eigenvalue weighted by atomic mass is 16.5. The Morgan fingerprint density at radius 1 is 1.21 bits per heavy atom. The number of hydrogen-bond donors (Lipinski definition) is 0. The first-order valence-corrected chi connectivity index (χ1v) is 6.84. The molecule has 19 heavy (non-hydrogen) atoms. The van der Waals surface area contributed by atoms with E-state index in [1.54, 1.807) is 0 Å². The summed E-state index contributed by atoms with van der Waals surface area (Å²) in [5.74, 6) is 0.278. The molecule has 1 aliphatic carbocycles. The van der Waals surface area contributed by atoms with Crippen LogP contribution in [0.15, 0.2) is 48.1 Å². The zero-order valence-corrected chi connectivity index (χ0v) is 11.6. The maximum atomic E-state index is 11.4. The fourth-order valence-electron chi connectivity index (χ4n) is 2.44. The zero-order valence-electron chi connectivity index (χ0n) is 11.6. The minimum atomic E-state index is -0.108. The van der Waals surface area contributed by atoms with Gasteiger partial charge in [0.25, 0.3) is 0 Å². The molecule has 0 amide bonds. The zero-order chi connectivity index (χ0) is 13.7. The first kappa shape index (κ1) is 13.6. The normalized spacial score (nSPS) is 17.9. The second-order valence-corrected chi connectivity index (χ2v) is 4.76. The monoisotopic (exact) mass is 256 g/mol. The Morgan fingerprint density at radius 3 is 2.63 bits per heavy atom. The van der Waals surface area contributed by atoms with Gasteiger partial charge in [0.15, 0.2) is 0 Å². The van der Waals surface area contributed by atoms with Crippen LogP contribution in [0.25, 0.3) is 5.57 Å². The molecule has 2 heteroatoms. The molecule has 0 saturated heterocycles. The molecule has 0 saturated carbocycles. The van der Waals surface area contributed by atoms with Crippen LogP contribution in [0.4, 0.5) is 0 Å². The number of benzene rings is 1. The molecule has 0 heterocycles. The highest BCUT2D eigenvalue weighted by Crippen LogP contribution is 2.35. The van der Waals surface area contributed by atoms with Crippen molar-refractivity contribution >= 4 is 11.5 Å². The molecule has 0 spiro atoms. The Morgan fingerprint density at radius 2 is 1.95 bits per heavy atom. The van der Waals surface area contributed by atoms with Crippen LogP contribution in [0.5, 0.6) is 0 Å². The van der Waals surface area contributed by atoms with Gasteiger partial charge in [-0.1, -0.05) is 55.0 Å². The van der Waals surface area contributed by atoms with Gasteiger partial charge in [0.2, 0.25) is 0 Å². The summed E-state index contributed by atoms with van der Waals surface area (Å²) in [6.07, 6.45) is 5.57. The Bertz CT molecular complexity index is 497. The molecule has 1 aromatic carbocycles. The Labute approximate surface area is 114 Å². The Kier molecular flexibility index (Phi) is 4.56. The minimum absolute atomic E-state index is 0.108. The lowest BCUT2D eigenvalue weighted by atomic mass is 9.90. The third kappa shape index (κ3) is 3.34. The highest BCUT2D eigenvalue weighted by molar-refractivity contribution is 5.75. The van der Waals surface area contributed by atoms with E-state index in [0.29, 0.717) is 18.9 Å². The van der Waals surface area contributed by atoms with Gasteiger partial charge in [0.05, 0.1) is 6.61 Å². The maximum absolute atomic E-state index is 11.4. The highest BCUT2D eigenvalue weighted by Gasteiger charge is 2.20. The standard InChI is InChI=1S/C17H20O2/c1-3-19-17(18)12-10-14-9-11-16(13(14)2)15-7-5-4-6-8-15/h4-9,11,13H,3,10,12H2,1-2H3. The topological polar surface area (TPSA) is 26.3 Å². The van der Waals surface area contributed by atoms with Gasteiger partial charge in [0.1, 0.15) is 0 Å². The molecule has 1 unspecified atom stereocenters. The van der Waals surface area contributed by atoms with E-state index in [1.165, 1.54) is 16.7 Å². The summed E-state index contributed by atoms with van der Waals surface area (Å²) in [6.45, 7) is 4.49. The van der Waals surface area contributed by atoms with Crippen molar-refractivity contribution in [2.45, 2.75) is 26.7 Å². The molecule has 0 aliphatic heterocycles. The molecule has 0 aromatic heterocycles. The van der Waals surface area contributed by atoms with Gasteiger partial charge in [-0.15, -0.1) is 0 Å². The van der Waals surface area contributed by atoms with E-state index in [1.807, 2.05) is 13.0 Å². The second-order valence-electron chi connectivity index (χ2n) is 4.76. The van der Waals surface area contributed by atoms with Gasteiger partial charge >= 0.3 is 5.97 Å². The maximum Gasteiger partial charge on any atom is 0.306 e. The van der Waals surface area contributed by atoms with E-state index in [4.69, 9.17) is 4.74 Å². The summed E-state index contributed by atoms with van der Waals surface area (Å²) < 4.78 is 4.97. The van der Waals surface area contributed by atoms with Crippen LogP contribution >= 0.6 is 0 Å². The predicted octanol–water partition coefficient (Wildman–Crippen LogP) is 3.99. The van der Waals surface area contributed by atoms with Crippen LogP contribution in [0.2, 0.25) is 0 Å². The molecule has 1 aliphatic rings. The fraction of sp³-hybridized carbons (Fsp3) is 0.353. The molecule has 1 atom stereocenters. The lowest BCUT2D eigenvalue weighted by Gasteiger charge is -2.14. The van der Waals surface area contributed by atoms with Crippen molar-refractivity contribution < 1.29 is 9.53 Å². The molecule has 0 radical (unpaired) electrons. The van der Waals surface area contributed by atoms with Crippen LogP contribution in [0, 0.1) is 5.92 Å². The third-order valence-corrected chi connectivity index (χ3v) is 3.53. The van der Waals surface area contributed by atoms with Crippen molar-refractivity contribution in [3.63, 3.8) is 0 Å². The van der Waals surface area contributed by atoms with Crippen molar-refractivity contribution in [2.75, 3.05) is 6.61 Å². The van der Waals surface area contributed by atoms with E-state index < -0.39 is 0 Å². The predicted molar refractivity (Wildman–Crippen MR) is 77.5 cm³/mol. The molecule has 2 nitrogen and oxygen atoms in total. The number of esters is 1. The van der Waals surface area contributed by atoms with E-state index in [9.17, 15) is 4.79 Å². The van der Waals surface area contributed by atoms with Crippen molar-refractivity contribution in [2.24, 2.45) is 5.92 Å². The molecule has 100 valence electrons. The first-order chi connectivity index (χ1) is 9.22. The Balaban J connectivity index is 1.93. The fourth-order valence-corrected chi connectivity index (χ4v) is 2.44. The van der Waals surface area contributed by atoms with E-state index in [-0.39, 0.29) is 5.97 Å². The minimum Gasteiger partial charge on any atom is -0.466 e. The van der Waals surface area contributed by atoms with Crippen LogP contribution in [-0.2, 0) is 9.53 Å². The second kappa shape index (κ2) is 6.37. The van der Waals surface area contributed by atoms with Crippen molar-refractivity contribution in [3.8, 4) is 0 Å². The van der Waals surface area contributed by atoms with Gasteiger partial charge in [-0.05, 0) is 24.5 Å². The lowest BCUT2D eigenvalue weighted by molar-refractivity contribution is -0.143. The molecule has 0 fully saturated rings. The smallest absolute Gasteiger partial charge is 0.306 e. The largest absolute Gasteiger partial charge is 0.466 e. The SMILES string of the molecule is CCOC(=O)CCC1=CC=C(c2ccccc2)C1C. The number of rotatable bonds is 5. The van der Waals surface area contributed by atoms with E-state index in [2.05, 4.69) is 43.3 Å². The van der Waals surface area contributed by atoms with Gasteiger partial charge in [0, 0.05) is 12.3 Å².